The van der Waals surface area contributed by atoms with Gasteiger partial charge >= 0.3 is 22.3 Å². The van der Waals surface area contributed by atoms with Crippen LogP contribution in [0.1, 0.15) is 13.8 Å². The first kappa shape index (κ1) is 14.8. The number of hydrogen-bond acceptors (Lipinski definition) is 7. The largest absolute Gasteiger partial charge is 0.462 e. The molecular weight excluding hydrogens is 244 g/mol. The Labute approximate surface area is 92.4 Å². The quantitative estimate of drug-likeness (QED) is 0.490. The third-order valence-electron chi connectivity index (χ3n) is 1.21. The Morgan fingerprint density at radius 3 is 2.12 bits per heavy atom. The Morgan fingerprint density at radius 1 is 1.19 bits per heavy atom. The number of carbonyl (C=O) groups excluding carboxylic acids is 2. The minimum absolute atomic E-state index is 0.357. The van der Waals surface area contributed by atoms with Crippen LogP contribution in [0.25, 0.3) is 0 Å². The van der Waals surface area contributed by atoms with Crippen LogP contribution >= 0.6 is 0 Å². The summed E-state index contributed by atoms with van der Waals surface area (Å²) in [5, 5.41) is 0. The Kier molecular flexibility index (Phi) is 5.93. The minimum Gasteiger partial charge on any atom is -0.462 e. The lowest BCUT2D eigenvalue weighted by atomic mass is 10.4. The number of rotatable bonds is 6. The number of ether oxygens (including phenoxy) is 2. The van der Waals surface area contributed by atoms with Crippen molar-refractivity contribution in [3.05, 3.63) is 0 Å². The van der Waals surface area contributed by atoms with Crippen molar-refractivity contribution in [1.29, 1.82) is 0 Å². The van der Waals surface area contributed by atoms with Crippen LogP contribution in [0.3, 0.4) is 0 Å². The van der Waals surface area contributed by atoms with E-state index in [1.54, 1.807) is 0 Å². The van der Waals surface area contributed by atoms with Crippen molar-refractivity contribution in [3.63, 3.8) is 0 Å². The summed E-state index contributed by atoms with van der Waals surface area (Å²) in [7, 11) is -4.63. The van der Waals surface area contributed by atoms with Gasteiger partial charge in [0.05, 0.1) is 0 Å². The molecule has 0 aliphatic rings. The van der Waals surface area contributed by atoms with E-state index in [0.717, 1.165) is 13.8 Å². The summed E-state index contributed by atoms with van der Waals surface area (Å²) in [5.41, 5.74) is 0. The first-order valence-electron chi connectivity index (χ1n) is 4.13. The van der Waals surface area contributed by atoms with E-state index in [-0.39, 0.29) is 6.61 Å². The molecule has 1 N–H and O–H groups in total. The summed E-state index contributed by atoms with van der Waals surface area (Å²) < 4.78 is 41.8. The Balaban J connectivity index is 4.20. The molecule has 16 heavy (non-hydrogen) atoms. The minimum atomic E-state index is -4.63. The van der Waals surface area contributed by atoms with Gasteiger partial charge in [-0.2, -0.15) is 8.42 Å². The predicted molar refractivity (Wildman–Crippen MR) is 49.7 cm³/mol. The van der Waals surface area contributed by atoms with Crippen LogP contribution in [0.4, 0.5) is 0 Å². The van der Waals surface area contributed by atoms with E-state index in [0.29, 0.717) is 0 Å². The molecule has 1 unspecified atom stereocenters. The van der Waals surface area contributed by atoms with E-state index in [1.807, 2.05) is 0 Å². The molecule has 8 nitrogen and oxygen atoms in total. The van der Waals surface area contributed by atoms with Gasteiger partial charge in [0.2, 0.25) is 0 Å². The maximum atomic E-state index is 10.6. The molecule has 0 spiro atoms. The molecule has 0 aromatic heterocycles. The molecule has 0 aliphatic carbocycles. The molecule has 0 saturated carbocycles. The van der Waals surface area contributed by atoms with Crippen LogP contribution in [0, 0.1) is 0 Å². The topological polar surface area (TPSA) is 116 Å². The molecule has 0 aromatic rings. The van der Waals surface area contributed by atoms with Gasteiger partial charge in [-0.15, -0.1) is 0 Å². The fourth-order valence-corrected chi connectivity index (χ4v) is 1.05. The monoisotopic (exact) mass is 256 g/mol. The second-order valence-corrected chi connectivity index (χ2v) is 3.84. The van der Waals surface area contributed by atoms with Gasteiger partial charge in [0.1, 0.15) is 13.2 Å². The highest BCUT2D eigenvalue weighted by Gasteiger charge is 2.17. The third kappa shape index (κ3) is 9.37. The molecule has 0 saturated heterocycles. The fraction of sp³-hybridized carbons (Fsp3) is 0.714. The third-order valence-corrected chi connectivity index (χ3v) is 1.64. The van der Waals surface area contributed by atoms with Gasteiger partial charge in [0.15, 0.2) is 6.10 Å². The van der Waals surface area contributed by atoms with Gasteiger partial charge in [-0.1, -0.05) is 0 Å². The van der Waals surface area contributed by atoms with Crippen LogP contribution in [0.15, 0.2) is 0 Å². The van der Waals surface area contributed by atoms with Crippen LogP contribution in [-0.4, -0.2) is 44.2 Å². The van der Waals surface area contributed by atoms with Crippen LogP contribution < -0.4 is 0 Å². The molecular formula is C7H12O8S. The molecule has 94 valence electrons. The fourth-order valence-electron chi connectivity index (χ4n) is 0.723. The van der Waals surface area contributed by atoms with Crippen molar-refractivity contribution in [2.75, 3.05) is 13.2 Å². The summed E-state index contributed by atoms with van der Waals surface area (Å²) in [6.07, 6.45) is -1.09. The maximum absolute atomic E-state index is 10.6. The normalized spacial score (nSPS) is 12.9. The predicted octanol–water partition coefficient (Wildman–Crippen LogP) is -0.699. The van der Waals surface area contributed by atoms with Crippen molar-refractivity contribution in [2.24, 2.45) is 0 Å². The highest BCUT2D eigenvalue weighted by Crippen LogP contribution is 1.99. The first-order chi connectivity index (χ1) is 7.20. The van der Waals surface area contributed by atoms with Gasteiger partial charge in [0, 0.05) is 13.8 Å². The van der Waals surface area contributed by atoms with E-state index in [4.69, 9.17) is 4.55 Å². The maximum Gasteiger partial charge on any atom is 0.397 e. The lowest BCUT2D eigenvalue weighted by Crippen LogP contribution is -2.29. The van der Waals surface area contributed by atoms with Crippen molar-refractivity contribution in [1.82, 2.24) is 0 Å². The van der Waals surface area contributed by atoms with E-state index >= 15 is 0 Å². The highest BCUT2D eigenvalue weighted by atomic mass is 32.3. The van der Waals surface area contributed by atoms with Crippen molar-refractivity contribution in [3.8, 4) is 0 Å². The summed E-state index contributed by atoms with van der Waals surface area (Å²) in [6.45, 7) is 1.23. The van der Waals surface area contributed by atoms with E-state index in [1.165, 1.54) is 0 Å². The molecule has 0 bridgehead atoms. The second kappa shape index (κ2) is 6.40. The molecule has 0 heterocycles. The van der Waals surface area contributed by atoms with Crippen molar-refractivity contribution < 1.29 is 36.2 Å². The van der Waals surface area contributed by atoms with E-state index in [9.17, 15) is 18.0 Å². The SMILES string of the molecule is CC(=O)OCC(COS(=O)(=O)O)OC(C)=O. The zero-order valence-corrected chi connectivity index (χ0v) is 9.52. The standard InChI is InChI=1S/C7H12O8S/c1-5(8)13-3-7(15-6(2)9)4-14-16(10,11)12/h7H,3-4H2,1-2H3,(H,10,11,12). The lowest BCUT2D eigenvalue weighted by molar-refractivity contribution is -0.158. The average Bonchev–Trinajstić information content (AvgIpc) is 2.07. The summed E-state index contributed by atoms with van der Waals surface area (Å²) in [4.78, 5) is 21.1. The van der Waals surface area contributed by atoms with Crippen molar-refractivity contribution in [2.45, 2.75) is 20.0 Å². The highest BCUT2D eigenvalue weighted by molar-refractivity contribution is 7.80. The van der Waals surface area contributed by atoms with Crippen LogP contribution in [0.2, 0.25) is 0 Å². The molecule has 0 amide bonds. The lowest BCUT2D eigenvalue weighted by Gasteiger charge is -2.15. The zero-order valence-electron chi connectivity index (χ0n) is 8.70. The van der Waals surface area contributed by atoms with Gasteiger partial charge in [-0.3, -0.25) is 14.1 Å². The van der Waals surface area contributed by atoms with Gasteiger partial charge < -0.3 is 9.47 Å². The van der Waals surface area contributed by atoms with E-state index in [2.05, 4.69) is 13.7 Å². The Morgan fingerprint density at radius 2 is 1.75 bits per heavy atom. The molecule has 0 fully saturated rings. The molecule has 0 aromatic carbocycles. The van der Waals surface area contributed by atoms with Gasteiger partial charge in [-0.25, -0.2) is 4.18 Å². The Bertz CT molecular complexity index is 345. The number of esters is 2. The molecule has 0 rings (SSSR count). The van der Waals surface area contributed by atoms with Gasteiger partial charge in [0.25, 0.3) is 0 Å². The zero-order chi connectivity index (χ0) is 12.8. The number of carbonyl (C=O) groups is 2. The van der Waals surface area contributed by atoms with Crippen LogP contribution in [-0.2, 0) is 33.6 Å². The van der Waals surface area contributed by atoms with E-state index < -0.39 is 35.0 Å². The Hall–Kier alpha value is -1.19. The summed E-state index contributed by atoms with van der Waals surface area (Å²) in [5.74, 6) is -1.32. The summed E-state index contributed by atoms with van der Waals surface area (Å²) in [6, 6.07) is 0. The second-order valence-electron chi connectivity index (χ2n) is 2.75. The smallest absolute Gasteiger partial charge is 0.397 e. The molecule has 0 aliphatic heterocycles. The summed E-state index contributed by atoms with van der Waals surface area (Å²) >= 11 is 0. The first-order valence-corrected chi connectivity index (χ1v) is 5.49. The average molecular weight is 256 g/mol. The van der Waals surface area contributed by atoms with Gasteiger partial charge in [-0.05, 0) is 0 Å². The van der Waals surface area contributed by atoms with Crippen molar-refractivity contribution >= 4 is 22.3 Å². The molecule has 9 heteroatoms. The van der Waals surface area contributed by atoms with Crippen LogP contribution in [0.5, 0.6) is 0 Å². The molecule has 1 atom stereocenters. The molecule has 0 radical (unpaired) electrons. The number of hydrogen-bond donors (Lipinski definition) is 1.